The monoisotopic (exact) mass is 387 g/mol. The molecular formula is C24H24B3N3. The number of nitrogens with zero attached hydrogens (tertiary/aromatic N) is 3. The molecule has 1 fully saturated rings. The third-order valence-corrected chi connectivity index (χ3v) is 5.51. The van der Waals surface area contributed by atoms with Crippen molar-refractivity contribution in [2.45, 2.75) is 0 Å². The molecule has 1 heterocycles. The van der Waals surface area contributed by atoms with Crippen LogP contribution in [0.5, 0.6) is 0 Å². The van der Waals surface area contributed by atoms with Gasteiger partial charge in [-0.05, 0) is 36.4 Å². The fourth-order valence-corrected chi connectivity index (χ4v) is 4.27. The number of hydrogen-bond donors (Lipinski definition) is 0. The average Bonchev–Trinajstić information content (AvgIpc) is 2.83. The fraction of sp³-hybridized carbons (Fsp3) is 0. The highest BCUT2D eigenvalue weighted by atomic mass is 15.3. The van der Waals surface area contributed by atoms with Crippen LogP contribution < -0.4 is 14.2 Å². The normalized spacial score (nSPS) is 14.0. The molecule has 0 aromatic heterocycles. The minimum atomic E-state index is -0.0826. The number of anilines is 3. The summed E-state index contributed by atoms with van der Waals surface area (Å²) in [5, 5.41) is 0. The molecule has 0 unspecified atom stereocenters. The summed E-state index contributed by atoms with van der Waals surface area (Å²) in [5.41, 5.74) is 3.32. The second-order valence-corrected chi connectivity index (χ2v) is 7.18. The highest BCUT2D eigenvalue weighted by Crippen LogP contribution is 2.33. The molecule has 3 aromatic rings. The van der Waals surface area contributed by atoms with Crippen molar-refractivity contribution >= 4 is 38.0 Å². The van der Waals surface area contributed by atoms with Gasteiger partial charge < -0.3 is 14.2 Å². The van der Waals surface area contributed by atoms with Crippen molar-refractivity contribution < 1.29 is 0 Å². The first-order chi connectivity index (χ1) is 14.8. The third-order valence-electron chi connectivity index (χ3n) is 5.51. The van der Waals surface area contributed by atoms with E-state index in [1.54, 1.807) is 0 Å². The van der Waals surface area contributed by atoms with Gasteiger partial charge in [0.25, 0.3) is 0 Å². The quantitative estimate of drug-likeness (QED) is 0.542. The molecule has 4 rings (SSSR count). The molecule has 3 nitrogen and oxygen atoms in total. The second-order valence-electron chi connectivity index (χ2n) is 7.18. The molecule has 0 bridgehead atoms. The lowest BCUT2D eigenvalue weighted by Gasteiger charge is -2.54. The van der Waals surface area contributed by atoms with Crippen LogP contribution in [0.25, 0.3) is 0 Å². The van der Waals surface area contributed by atoms with Crippen molar-refractivity contribution in [1.29, 1.82) is 0 Å². The Morgan fingerprint density at radius 3 is 0.867 bits per heavy atom. The molecule has 1 aliphatic rings. The number of rotatable bonds is 6. The Balaban J connectivity index is 1.95. The van der Waals surface area contributed by atoms with Gasteiger partial charge in [-0.1, -0.05) is 72.5 Å². The van der Waals surface area contributed by atoms with E-state index in [1.165, 1.54) is 0 Å². The lowest BCUT2D eigenvalue weighted by atomic mass is 9.42. The van der Waals surface area contributed by atoms with E-state index in [4.69, 9.17) is 0 Å². The van der Waals surface area contributed by atoms with Crippen molar-refractivity contribution in [2.24, 2.45) is 0 Å². The highest BCUT2D eigenvalue weighted by Gasteiger charge is 2.50. The van der Waals surface area contributed by atoms with Crippen molar-refractivity contribution in [3.8, 4) is 0 Å². The van der Waals surface area contributed by atoms with Crippen LogP contribution in [0.15, 0.2) is 129 Å². The first-order valence-corrected chi connectivity index (χ1v) is 10.2. The molecule has 1 aliphatic heterocycles. The van der Waals surface area contributed by atoms with Crippen LogP contribution in [0.1, 0.15) is 0 Å². The van der Waals surface area contributed by atoms with E-state index in [0.29, 0.717) is 0 Å². The molecule has 3 aromatic carbocycles. The number of benzene rings is 3. The van der Waals surface area contributed by atoms with Gasteiger partial charge >= 0.3 is 20.9 Å². The first kappa shape index (κ1) is 19.8. The lowest BCUT2D eigenvalue weighted by Crippen LogP contribution is -2.78. The maximum Gasteiger partial charge on any atom is 0.380 e. The Morgan fingerprint density at radius 2 is 0.667 bits per heavy atom. The van der Waals surface area contributed by atoms with Gasteiger partial charge in [-0.15, -0.1) is 19.7 Å². The molecule has 0 saturated carbocycles. The standard InChI is InChI=1S/C24H24B3N3/c1-4-25-28(22-16-10-7-11-17-22)26(5-2)30(24-20-14-9-15-21-24)27(6-3)29(25)23-18-12-8-13-19-23/h4-21H,1-3H2. The van der Waals surface area contributed by atoms with Gasteiger partial charge in [-0.2, -0.15) is 0 Å². The van der Waals surface area contributed by atoms with Gasteiger partial charge in [-0.3, -0.25) is 0 Å². The van der Waals surface area contributed by atoms with E-state index in [-0.39, 0.29) is 20.9 Å². The fourth-order valence-electron chi connectivity index (χ4n) is 4.27. The maximum atomic E-state index is 4.20. The van der Waals surface area contributed by atoms with Gasteiger partial charge in [0.2, 0.25) is 0 Å². The Morgan fingerprint density at radius 1 is 0.433 bits per heavy atom. The average molecular weight is 387 g/mol. The lowest BCUT2D eigenvalue weighted by molar-refractivity contribution is 1.29. The van der Waals surface area contributed by atoms with Crippen molar-refractivity contribution in [1.82, 2.24) is 0 Å². The molecule has 0 N–H and O–H groups in total. The Labute approximate surface area is 181 Å². The zero-order valence-electron chi connectivity index (χ0n) is 17.1. The van der Waals surface area contributed by atoms with E-state index in [1.807, 2.05) is 36.1 Å². The third kappa shape index (κ3) is 3.46. The summed E-state index contributed by atoms with van der Waals surface area (Å²) in [5.74, 6) is 5.99. The zero-order chi connectivity index (χ0) is 20.9. The first-order valence-electron chi connectivity index (χ1n) is 10.2. The molecule has 0 amide bonds. The van der Waals surface area contributed by atoms with Crippen LogP contribution in [0, 0.1) is 0 Å². The van der Waals surface area contributed by atoms with Gasteiger partial charge in [0.15, 0.2) is 0 Å². The van der Waals surface area contributed by atoms with Crippen LogP contribution in [0.4, 0.5) is 17.1 Å². The summed E-state index contributed by atoms with van der Waals surface area (Å²) in [6.45, 7) is 12.4. The van der Waals surface area contributed by atoms with E-state index in [9.17, 15) is 0 Å². The van der Waals surface area contributed by atoms with Crippen molar-refractivity contribution in [2.75, 3.05) is 14.2 Å². The van der Waals surface area contributed by atoms with Gasteiger partial charge in [0.05, 0.1) is 0 Å². The molecule has 30 heavy (non-hydrogen) atoms. The van der Waals surface area contributed by atoms with E-state index in [2.05, 4.69) is 107 Å². The smallest absolute Gasteiger partial charge is 0.380 e. The van der Waals surface area contributed by atoms with Gasteiger partial charge in [0.1, 0.15) is 0 Å². The minimum Gasteiger partial charge on any atom is -0.417 e. The number of para-hydroxylation sites is 3. The topological polar surface area (TPSA) is 9.72 Å². The molecule has 0 atom stereocenters. The van der Waals surface area contributed by atoms with Crippen LogP contribution in [0.2, 0.25) is 0 Å². The van der Waals surface area contributed by atoms with Crippen LogP contribution in [-0.4, -0.2) is 20.9 Å². The molecule has 1 saturated heterocycles. The second kappa shape index (κ2) is 8.87. The summed E-state index contributed by atoms with van der Waals surface area (Å²) in [6, 6.07) is 31.3. The Bertz CT molecular complexity index is 854. The summed E-state index contributed by atoms with van der Waals surface area (Å²) in [7, 11) is 0. The molecular weight excluding hydrogens is 363 g/mol. The van der Waals surface area contributed by atoms with Crippen molar-refractivity contribution in [3.63, 3.8) is 0 Å². The minimum absolute atomic E-state index is 0.0826. The molecule has 6 heteroatoms. The molecule has 0 aliphatic carbocycles. The largest absolute Gasteiger partial charge is 0.417 e. The highest BCUT2D eigenvalue weighted by molar-refractivity contribution is 7.08. The van der Waals surface area contributed by atoms with Crippen molar-refractivity contribution in [3.05, 3.63) is 129 Å². The van der Waals surface area contributed by atoms with E-state index in [0.717, 1.165) is 17.1 Å². The molecule has 0 radical (unpaired) electrons. The summed E-state index contributed by atoms with van der Waals surface area (Å²) in [6.07, 6.45) is 0. The summed E-state index contributed by atoms with van der Waals surface area (Å²) in [4.78, 5) is 0. The van der Waals surface area contributed by atoms with Crippen LogP contribution >= 0.6 is 0 Å². The zero-order valence-corrected chi connectivity index (χ0v) is 17.1. The summed E-state index contributed by atoms with van der Waals surface area (Å²) >= 11 is 0. The molecule has 0 spiro atoms. The molecule has 144 valence electrons. The predicted octanol–water partition coefficient (Wildman–Crippen LogP) is 5.16. The van der Waals surface area contributed by atoms with E-state index >= 15 is 0 Å². The van der Waals surface area contributed by atoms with Gasteiger partial charge in [0, 0.05) is 17.1 Å². The SMILES string of the molecule is C=CB1N(c2ccccc2)B(C=C)N(c2ccccc2)B(C=C)N1c1ccccc1. The Hall–Kier alpha value is -3.53. The Kier molecular flexibility index (Phi) is 5.85. The van der Waals surface area contributed by atoms with Crippen LogP contribution in [0.3, 0.4) is 0 Å². The predicted molar refractivity (Wildman–Crippen MR) is 135 cm³/mol. The summed E-state index contributed by atoms with van der Waals surface area (Å²) < 4.78 is 7.04. The number of hydrogen-bond acceptors (Lipinski definition) is 3. The van der Waals surface area contributed by atoms with Gasteiger partial charge in [-0.25, -0.2) is 0 Å². The van der Waals surface area contributed by atoms with Crippen LogP contribution in [-0.2, 0) is 0 Å². The van der Waals surface area contributed by atoms with E-state index < -0.39 is 0 Å². The maximum absolute atomic E-state index is 4.20.